The Hall–Kier alpha value is -1.67. The summed E-state index contributed by atoms with van der Waals surface area (Å²) in [6, 6.07) is 10.8. The molecule has 0 saturated carbocycles. The highest BCUT2D eigenvalue weighted by molar-refractivity contribution is 5.87. The minimum absolute atomic E-state index is 0.402. The molecule has 0 saturated heterocycles. The second kappa shape index (κ2) is 6.48. The van der Waals surface area contributed by atoms with Crippen molar-refractivity contribution < 1.29 is 0 Å². The minimum atomic E-state index is 0.402. The fourth-order valence-corrected chi connectivity index (χ4v) is 2.14. The van der Waals surface area contributed by atoms with Crippen molar-refractivity contribution in [3.8, 4) is 0 Å². The summed E-state index contributed by atoms with van der Waals surface area (Å²) in [7, 11) is 0. The van der Waals surface area contributed by atoms with Gasteiger partial charge in [-0.1, -0.05) is 42.8 Å². The Morgan fingerprint density at radius 3 is 2.89 bits per heavy atom. The number of fused-ring (bicyclic) bond motifs is 1. The first-order valence-corrected chi connectivity index (χ1v) is 6.97. The molecule has 2 aromatic rings. The molecule has 0 spiro atoms. The highest BCUT2D eigenvalue weighted by Crippen LogP contribution is 2.19. The van der Waals surface area contributed by atoms with Gasteiger partial charge in [-0.2, -0.15) is 0 Å². The molecule has 0 aliphatic carbocycles. The lowest BCUT2D eigenvalue weighted by Crippen LogP contribution is -2.27. The third-order valence-electron chi connectivity index (χ3n) is 3.43. The van der Waals surface area contributed by atoms with E-state index in [4.69, 9.17) is 0 Å². The van der Waals surface area contributed by atoms with Crippen molar-refractivity contribution in [2.24, 2.45) is 0 Å². The lowest BCUT2D eigenvalue weighted by atomic mass is 10.0. The quantitative estimate of drug-likeness (QED) is 0.871. The lowest BCUT2D eigenvalue weighted by Gasteiger charge is -2.14. The van der Waals surface area contributed by atoms with E-state index >= 15 is 0 Å². The van der Waals surface area contributed by atoms with Gasteiger partial charge < -0.3 is 5.32 Å². The Labute approximate surface area is 115 Å². The summed E-state index contributed by atoms with van der Waals surface area (Å²) >= 11 is 0. The second-order valence-electron chi connectivity index (χ2n) is 4.99. The van der Waals surface area contributed by atoms with Gasteiger partial charge in [0.2, 0.25) is 0 Å². The number of hydrogen-bond acceptors (Lipinski definition) is 2. The molecule has 0 aliphatic heterocycles. The van der Waals surface area contributed by atoms with E-state index in [0.717, 1.165) is 18.5 Å². The van der Waals surface area contributed by atoms with E-state index in [1.165, 1.54) is 16.5 Å². The number of pyridine rings is 1. The van der Waals surface area contributed by atoms with E-state index < -0.39 is 0 Å². The van der Waals surface area contributed by atoms with Crippen LogP contribution in [0.4, 0.5) is 0 Å². The predicted octanol–water partition coefficient (Wildman–Crippen LogP) is 4.03. The zero-order valence-corrected chi connectivity index (χ0v) is 12.0. The molecular weight excluding hydrogens is 232 g/mol. The average molecular weight is 254 g/mol. The molecule has 2 rings (SSSR count). The maximum Gasteiger partial charge on any atom is 0.0774 e. The molecule has 1 N–H and O–H groups in total. The standard InChI is InChI=1S/C17H22N2/c1-4-10-18-14(3)13(2)12-16-8-5-7-15-9-6-11-19-17(15)16/h5-9,11-12,14,18H,4,10H2,1-3H3/b13-12+. The van der Waals surface area contributed by atoms with Crippen LogP contribution in [0.25, 0.3) is 17.0 Å². The molecule has 0 aliphatic rings. The number of hydrogen-bond donors (Lipinski definition) is 1. The van der Waals surface area contributed by atoms with Gasteiger partial charge in [-0.25, -0.2) is 0 Å². The summed E-state index contributed by atoms with van der Waals surface area (Å²) in [5, 5.41) is 4.70. The molecule has 1 unspecified atom stereocenters. The maximum absolute atomic E-state index is 4.49. The largest absolute Gasteiger partial charge is 0.311 e. The van der Waals surface area contributed by atoms with Gasteiger partial charge in [-0.3, -0.25) is 4.98 Å². The molecular formula is C17H22N2. The van der Waals surface area contributed by atoms with Gasteiger partial charge in [-0.05, 0) is 32.9 Å². The molecule has 1 aromatic carbocycles. The van der Waals surface area contributed by atoms with Crippen molar-refractivity contribution in [1.82, 2.24) is 10.3 Å². The molecule has 0 bridgehead atoms. The van der Waals surface area contributed by atoms with Crippen molar-refractivity contribution in [3.05, 3.63) is 47.7 Å². The molecule has 100 valence electrons. The van der Waals surface area contributed by atoms with E-state index in [1.807, 2.05) is 12.3 Å². The van der Waals surface area contributed by atoms with E-state index in [0.29, 0.717) is 6.04 Å². The van der Waals surface area contributed by atoms with Crippen molar-refractivity contribution in [3.63, 3.8) is 0 Å². The van der Waals surface area contributed by atoms with Crippen LogP contribution in [0.5, 0.6) is 0 Å². The van der Waals surface area contributed by atoms with Gasteiger partial charge in [0.1, 0.15) is 0 Å². The smallest absolute Gasteiger partial charge is 0.0774 e. The Balaban J connectivity index is 2.29. The number of aromatic nitrogens is 1. The van der Waals surface area contributed by atoms with Gasteiger partial charge in [-0.15, -0.1) is 0 Å². The highest BCUT2D eigenvalue weighted by atomic mass is 14.9. The van der Waals surface area contributed by atoms with Crippen molar-refractivity contribution in [2.75, 3.05) is 6.54 Å². The Kier molecular flexibility index (Phi) is 4.69. The Bertz CT molecular complexity index is 567. The van der Waals surface area contributed by atoms with Gasteiger partial charge in [0.25, 0.3) is 0 Å². The maximum atomic E-state index is 4.49. The summed E-state index contributed by atoms with van der Waals surface area (Å²) in [6.45, 7) is 7.63. The molecule has 2 heteroatoms. The Morgan fingerprint density at radius 2 is 2.11 bits per heavy atom. The summed E-state index contributed by atoms with van der Waals surface area (Å²) in [5.74, 6) is 0. The van der Waals surface area contributed by atoms with Crippen LogP contribution in [0, 0.1) is 0 Å². The van der Waals surface area contributed by atoms with Crippen molar-refractivity contribution >= 4 is 17.0 Å². The monoisotopic (exact) mass is 254 g/mol. The predicted molar refractivity (Wildman–Crippen MR) is 83.1 cm³/mol. The molecule has 0 amide bonds. The molecule has 0 fully saturated rings. The van der Waals surface area contributed by atoms with Crippen LogP contribution >= 0.6 is 0 Å². The first kappa shape index (κ1) is 13.8. The topological polar surface area (TPSA) is 24.9 Å². The average Bonchev–Trinajstić information content (AvgIpc) is 2.45. The van der Waals surface area contributed by atoms with Crippen LogP contribution in [-0.2, 0) is 0 Å². The summed E-state index contributed by atoms with van der Waals surface area (Å²) < 4.78 is 0. The van der Waals surface area contributed by atoms with E-state index in [2.05, 4.69) is 61.4 Å². The van der Waals surface area contributed by atoms with Crippen LogP contribution in [0.1, 0.15) is 32.8 Å². The minimum Gasteiger partial charge on any atom is -0.311 e. The number of nitrogens with zero attached hydrogens (tertiary/aromatic N) is 1. The first-order chi connectivity index (χ1) is 9.22. The second-order valence-corrected chi connectivity index (χ2v) is 4.99. The van der Waals surface area contributed by atoms with E-state index in [-0.39, 0.29) is 0 Å². The number of benzene rings is 1. The number of nitrogens with one attached hydrogen (secondary N) is 1. The Morgan fingerprint density at radius 1 is 1.32 bits per heavy atom. The molecule has 19 heavy (non-hydrogen) atoms. The SMILES string of the molecule is CCCNC(C)/C(C)=C/c1cccc2cccnc12. The molecule has 1 aromatic heterocycles. The van der Waals surface area contributed by atoms with Crippen LogP contribution in [0.3, 0.4) is 0 Å². The zero-order valence-electron chi connectivity index (χ0n) is 12.0. The van der Waals surface area contributed by atoms with Crippen LogP contribution in [0.15, 0.2) is 42.1 Å². The summed E-state index contributed by atoms with van der Waals surface area (Å²) in [6.07, 6.45) is 5.25. The molecule has 0 radical (unpaired) electrons. The van der Waals surface area contributed by atoms with Gasteiger partial charge in [0, 0.05) is 23.2 Å². The van der Waals surface area contributed by atoms with Gasteiger partial charge in [0.05, 0.1) is 5.52 Å². The van der Waals surface area contributed by atoms with Gasteiger partial charge >= 0.3 is 0 Å². The van der Waals surface area contributed by atoms with E-state index in [9.17, 15) is 0 Å². The summed E-state index contributed by atoms with van der Waals surface area (Å²) in [4.78, 5) is 4.49. The van der Waals surface area contributed by atoms with Crippen molar-refractivity contribution in [1.29, 1.82) is 0 Å². The third-order valence-corrected chi connectivity index (χ3v) is 3.43. The fraction of sp³-hybridized carbons (Fsp3) is 0.353. The van der Waals surface area contributed by atoms with Crippen LogP contribution < -0.4 is 5.32 Å². The fourth-order valence-electron chi connectivity index (χ4n) is 2.14. The zero-order chi connectivity index (χ0) is 13.7. The molecule has 2 nitrogen and oxygen atoms in total. The summed E-state index contributed by atoms with van der Waals surface area (Å²) in [5.41, 5.74) is 3.61. The first-order valence-electron chi connectivity index (χ1n) is 6.97. The van der Waals surface area contributed by atoms with Gasteiger partial charge in [0.15, 0.2) is 0 Å². The number of para-hydroxylation sites is 1. The van der Waals surface area contributed by atoms with Crippen LogP contribution in [-0.4, -0.2) is 17.6 Å². The highest BCUT2D eigenvalue weighted by Gasteiger charge is 2.04. The molecule has 1 atom stereocenters. The van der Waals surface area contributed by atoms with E-state index in [1.54, 1.807) is 0 Å². The van der Waals surface area contributed by atoms with Crippen molar-refractivity contribution in [2.45, 2.75) is 33.2 Å². The third kappa shape index (κ3) is 3.42. The van der Waals surface area contributed by atoms with Crippen LogP contribution in [0.2, 0.25) is 0 Å². The normalized spacial score (nSPS) is 13.7. The number of rotatable bonds is 5. The lowest BCUT2D eigenvalue weighted by molar-refractivity contribution is 0.604. The molecule has 1 heterocycles.